The van der Waals surface area contributed by atoms with Crippen molar-refractivity contribution >= 4 is 29.6 Å². The van der Waals surface area contributed by atoms with E-state index in [4.69, 9.17) is 33.2 Å². The summed E-state index contributed by atoms with van der Waals surface area (Å²) in [4.78, 5) is 70.8. The van der Waals surface area contributed by atoms with Crippen molar-refractivity contribution in [1.82, 2.24) is 10.2 Å². The Morgan fingerprint density at radius 3 is 2.15 bits per heavy atom. The van der Waals surface area contributed by atoms with Crippen molar-refractivity contribution in [2.24, 2.45) is 64.1 Å². The van der Waals surface area contributed by atoms with Gasteiger partial charge in [0, 0.05) is 37.0 Å². The van der Waals surface area contributed by atoms with Gasteiger partial charge < -0.3 is 33.2 Å². The number of imide groups is 2. The number of fused-ring (bicyclic) bond motifs is 2. The molecule has 0 aromatic heterocycles. The standard InChI is InChI=1S/C47H72N2O12/c1-5-46(22-56-23-46)26-60-32(18-36-40(39-29(4)41(50)48-42(39)51)44(53)49(43(36)52)31-12-8-7-9-13-31)19-37(58-15-11-10-14-55-20-33-21-59-33)38-28(3)34-16-30(38)17-35(34)45(54)61-27-47(6-2)24-57-25-47/h28-40H,5-27H2,1-4H3,(H,48,50,51). The minimum Gasteiger partial charge on any atom is -0.465 e. The summed E-state index contributed by atoms with van der Waals surface area (Å²) in [5.41, 5.74) is -0.203. The third-order valence-electron chi connectivity index (χ3n) is 16.6. The number of epoxide rings is 1. The highest BCUT2D eigenvalue weighted by atomic mass is 16.6. The highest BCUT2D eigenvalue weighted by Gasteiger charge is 2.60. The van der Waals surface area contributed by atoms with Gasteiger partial charge in [0.15, 0.2) is 0 Å². The lowest BCUT2D eigenvalue weighted by atomic mass is 9.71. The maximum atomic E-state index is 14.7. The molecule has 8 aliphatic rings. The van der Waals surface area contributed by atoms with E-state index in [1.54, 1.807) is 6.92 Å². The number of carbonyl (C=O) groups excluding carboxylic acids is 5. The van der Waals surface area contributed by atoms with E-state index in [0.29, 0.717) is 65.9 Å². The smallest absolute Gasteiger partial charge is 0.309 e. The number of likely N-dealkylation sites (tertiary alicyclic amines) is 1. The Bertz CT molecular complexity index is 1580. The molecule has 0 aromatic rings. The molecule has 61 heavy (non-hydrogen) atoms. The molecule has 342 valence electrons. The Morgan fingerprint density at radius 2 is 1.54 bits per heavy atom. The number of ether oxygens (including phenoxy) is 7. The van der Waals surface area contributed by atoms with Crippen LogP contribution in [0.4, 0.5) is 0 Å². The highest BCUT2D eigenvalue weighted by molar-refractivity contribution is 6.11. The summed E-state index contributed by atoms with van der Waals surface area (Å²) < 4.78 is 42.2. The molecule has 1 N–H and O–H groups in total. The van der Waals surface area contributed by atoms with E-state index in [-0.39, 0.29) is 82.9 Å². The number of esters is 1. The van der Waals surface area contributed by atoms with Gasteiger partial charge >= 0.3 is 5.97 Å². The topological polar surface area (TPSA) is 169 Å². The first kappa shape index (κ1) is 45.1. The van der Waals surface area contributed by atoms with Crippen molar-refractivity contribution in [3.8, 4) is 0 Å². The van der Waals surface area contributed by atoms with Gasteiger partial charge in [-0.05, 0) is 81.5 Å². The van der Waals surface area contributed by atoms with Crippen molar-refractivity contribution in [2.75, 3.05) is 66.1 Å². The van der Waals surface area contributed by atoms with E-state index in [9.17, 15) is 24.0 Å². The van der Waals surface area contributed by atoms with Crippen LogP contribution in [0, 0.1) is 64.1 Å². The third kappa shape index (κ3) is 9.51. The van der Waals surface area contributed by atoms with E-state index in [2.05, 4.69) is 26.1 Å². The summed E-state index contributed by atoms with van der Waals surface area (Å²) in [6.45, 7) is 14.1. The quantitative estimate of drug-likeness (QED) is 0.0642. The average molecular weight is 857 g/mol. The minimum absolute atomic E-state index is 0.0685. The number of unbranched alkanes of at least 4 members (excludes halogenated alkanes) is 1. The van der Waals surface area contributed by atoms with Gasteiger partial charge in [0.05, 0.1) is 87.5 Å². The predicted octanol–water partition coefficient (Wildman–Crippen LogP) is 4.88. The fourth-order valence-corrected chi connectivity index (χ4v) is 12.2. The number of hydrogen-bond acceptors (Lipinski definition) is 12. The van der Waals surface area contributed by atoms with Crippen LogP contribution in [0.2, 0.25) is 0 Å². The second-order valence-corrected chi connectivity index (χ2v) is 20.4. The zero-order chi connectivity index (χ0) is 42.9. The molecule has 12 atom stereocenters. The molecule has 0 aromatic carbocycles. The molecular weight excluding hydrogens is 785 g/mol. The number of amides is 4. The molecular formula is C47H72N2O12. The zero-order valence-corrected chi connectivity index (χ0v) is 37.1. The maximum Gasteiger partial charge on any atom is 0.309 e. The molecule has 3 aliphatic carbocycles. The second-order valence-electron chi connectivity index (χ2n) is 20.4. The average Bonchev–Trinajstić information content (AvgIpc) is 3.69. The summed E-state index contributed by atoms with van der Waals surface area (Å²) in [5, 5.41) is 2.46. The second kappa shape index (κ2) is 19.3. The van der Waals surface area contributed by atoms with Crippen molar-refractivity contribution in [1.29, 1.82) is 0 Å². The molecule has 5 saturated heterocycles. The zero-order valence-electron chi connectivity index (χ0n) is 37.1. The largest absolute Gasteiger partial charge is 0.465 e. The van der Waals surface area contributed by atoms with Gasteiger partial charge in [0.25, 0.3) is 0 Å². The van der Waals surface area contributed by atoms with Crippen LogP contribution in [-0.4, -0.2) is 125 Å². The molecule has 8 rings (SSSR count). The summed E-state index contributed by atoms with van der Waals surface area (Å²) in [6, 6.07) is -0.201. The molecule has 5 heterocycles. The van der Waals surface area contributed by atoms with Crippen LogP contribution in [0.1, 0.15) is 111 Å². The van der Waals surface area contributed by atoms with Crippen LogP contribution in [0.25, 0.3) is 0 Å². The Kier molecular flexibility index (Phi) is 14.3. The lowest BCUT2D eigenvalue weighted by Crippen LogP contribution is -2.48. The Balaban J connectivity index is 1.03. The molecule has 3 saturated carbocycles. The van der Waals surface area contributed by atoms with E-state index < -0.39 is 41.6 Å². The summed E-state index contributed by atoms with van der Waals surface area (Å²) >= 11 is 0. The van der Waals surface area contributed by atoms with E-state index >= 15 is 0 Å². The van der Waals surface area contributed by atoms with Crippen molar-refractivity contribution in [3.05, 3.63) is 0 Å². The van der Waals surface area contributed by atoms with Crippen LogP contribution >= 0.6 is 0 Å². The Morgan fingerprint density at radius 1 is 0.852 bits per heavy atom. The lowest BCUT2D eigenvalue weighted by molar-refractivity contribution is -0.177. The van der Waals surface area contributed by atoms with Crippen molar-refractivity contribution < 1.29 is 57.1 Å². The maximum absolute atomic E-state index is 14.7. The molecule has 5 aliphatic heterocycles. The van der Waals surface area contributed by atoms with Crippen LogP contribution in [0.3, 0.4) is 0 Å². The van der Waals surface area contributed by atoms with Crippen molar-refractivity contribution in [2.45, 2.75) is 136 Å². The molecule has 14 heteroatoms. The van der Waals surface area contributed by atoms with Gasteiger partial charge in [-0.3, -0.25) is 34.2 Å². The SMILES string of the molecule is CCC1(COC(=O)C2CC3CC2C(C)C3C(CC(CC2C(=O)N(C3CCCCC3)C(=O)C2C2C(=O)NC(=O)C2C)OCC2(CC)COC2)OCCCCOCC2CO2)COC1. The van der Waals surface area contributed by atoms with Crippen LogP contribution < -0.4 is 5.32 Å². The Hall–Kier alpha value is -2.49. The van der Waals surface area contributed by atoms with Crippen LogP contribution in [-0.2, 0) is 57.1 Å². The fraction of sp³-hybridized carbons (Fsp3) is 0.894. The first-order valence-electron chi connectivity index (χ1n) is 23.9. The minimum atomic E-state index is -0.943. The molecule has 4 amide bonds. The lowest BCUT2D eigenvalue weighted by Gasteiger charge is -2.43. The molecule has 0 radical (unpaired) electrons. The monoisotopic (exact) mass is 857 g/mol. The molecule has 0 spiro atoms. The first-order valence-corrected chi connectivity index (χ1v) is 23.9. The molecule has 2 bridgehead atoms. The number of nitrogens with one attached hydrogen (secondary N) is 1. The Labute approximate surface area is 361 Å². The molecule has 12 unspecified atom stereocenters. The fourth-order valence-electron chi connectivity index (χ4n) is 12.2. The van der Waals surface area contributed by atoms with Gasteiger partial charge in [-0.15, -0.1) is 0 Å². The third-order valence-corrected chi connectivity index (χ3v) is 16.6. The summed E-state index contributed by atoms with van der Waals surface area (Å²) in [7, 11) is 0. The van der Waals surface area contributed by atoms with Gasteiger partial charge in [0.2, 0.25) is 23.6 Å². The summed E-state index contributed by atoms with van der Waals surface area (Å²) in [6.07, 6.45) is 9.86. The molecule has 8 fully saturated rings. The van der Waals surface area contributed by atoms with Crippen molar-refractivity contribution in [3.63, 3.8) is 0 Å². The predicted molar refractivity (Wildman–Crippen MR) is 220 cm³/mol. The van der Waals surface area contributed by atoms with E-state index in [1.807, 2.05) is 0 Å². The normalized spacial score (nSPS) is 36.2. The first-order chi connectivity index (χ1) is 29.5. The number of hydrogen-bond donors (Lipinski definition) is 1. The van der Waals surface area contributed by atoms with Gasteiger partial charge in [-0.25, -0.2) is 0 Å². The van der Waals surface area contributed by atoms with Gasteiger partial charge in [0.1, 0.15) is 12.7 Å². The van der Waals surface area contributed by atoms with Gasteiger partial charge in [-0.1, -0.05) is 47.0 Å². The van der Waals surface area contributed by atoms with Crippen LogP contribution in [0.5, 0.6) is 0 Å². The number of rotatable bonds is 23. The highest BCUT2D eigenvalue weighted by Crippen LogP contribution is 2.58. The van der Waals surface area contributed by atoms with Crippen LogP contribution in [0.15, 0.2) is 0 Å². The van der Waals surface area contributed by atoms with Gasteiger partial charge in [-0.2, -0.15) is 0 Å². The van der Waals surface area contributed by atoms with E-state index in [0.717, 1.165) is 77.2 Å². The van der Waals surface area contributed by atoms with E-state index in [1.165, 1.54) is 4.90 Å². The number of nitrogens with zero attached hydrogens (tertiary/aromatic N) is 1. The molecule has 14 nitrogen and oxygen atoms in total. The number of carbonyl (C=O) groups is 5. The summed E-state index contributed by atoms with van der Waals surface area (Å²) in [5.74, 6) is -4.29.